The number of hydrogen-bond donors (Lipinski definition) is 6. The number of aliphatic imine (C=N–C) groups is 1. The third-order valence-electron chi connectivity index (χ3n) is 17.1. The molecule has 6 N–H and O–H groups in total. The average molecular weight is 1080 g/mol. The number of hydrogen-bond acceptors (Lipinski definition) is 17. The fourth-order valence-electron chi connectivity index (χ4n) is 10.9. The number of benzene rings is 2. The molecule has 2 aromatic carbocycles. The van der Waals surface area contributed by atoms with Crippen LogP contribution < -0.4 is 20.7 Å². The molecule has 2 fully saturated rings. The molecular formula is C59H85N7O12. The highest BCUT2D eigenvalue weighted by atomic mass is 16.7. The first-order valence-corrected chi connectivity index (χ1v) is 27.7. The summed E-state index contributed by atoms with van der Waals surface area (Å²) in [7, 11) is 3.54. The second-order valence-electron chi connectivity index (χ2n) is 23.9. The van der Waals surface area contributed by atoms with E-state index in [-0.39, 0.29) is 56.9 Å². The number of aliphatic hydroxyl groups is 2. The number of aromatic hydroxyl groups is 1. The van der Waals surface area contributed by atoms with E-state index < -0.39 is 94.6 Å². The zero-order valence-electron chi connectivity index (χ0n) is 48.2. The number of Topliss-reactive ketones (excluding diaryl/α,β-unsaturated/α-hetero) is 2. The zero-order valence-corrected chi connectivity index (χ0v) is 48.2. The van der Waals surface area contributed by atoms with Crippen molar-refractivity contribution in [3.8, 4) is 11.5 Å². The fraction of sp³-hybridized carbons (Fsp3) is 0.627. The molecule has 0 saturated carbocycles. The smallest absolute Gasteiger partial charge is 0.315 e. The van der Waals surface area contributed by atoms with Gasteiger partial charge in [-0.2, -0.15) is 0 Å². The van der Waals surface area contributed by atoms with Crippen molar-refractivity contribution in [2.75, 3.05) is 65.3 Å². The predicted octanol–water partition coefficient (Wildman–Crippen LogP) is 5.92. The topological polar surface area (TPSA) is 241 Å². The number of aliphatic hydroxyl groups excluding tert-OH is 2. The van der Waals surface area contributed by atoms with Crippen LogP contribution in [0.15, 0.2) is 53.0 Å². The molecule has 8 atom stereocenters. The van der Waals surface area contributed by atoms with E-state index >= 15 is 4.79 Å². The molecule has 428 valence electrons. The number of methoxy groups -OCH3 is 1. The summed E-state index contributed by atoms with van der Waals surface area (Å²) in [6.07, 6.45) is -0.746. The van der Waals surface area contributed by atoms with Gasteiger partial charge in [-0.15, -0.1) is 0 Å². The van der Waals surface area contributed by atoms with Crippen molar-refractivity contribution in [2.24, 2.45) is 40.0 Å². The quantitative estimate of drug-likeness (QED) is 0.0483. The Kier molecular flexibility index (Phi) is 18.4. The lowest BCUT2D eigenvalue weighted by Gasteiger charge is -2.38. The zero-order chi connectivity index (χ0) is 57.3. The van der Waals surface area contributed by atoms with Crippen LogP contribution in [-0.2, 0) is 35.1 Å². The van der Waals surface area contributed by atoms with Crippen LogP contribution in [0.25, 0.3) is 0 Å². The maximum absolute atomic E-state index is 15.0. The van der Waals surface area contributed by atoms with Crippen LogP contribution in [0, 0.1) is 41.9 Å². The van der Waals surface area contributed by atoms with Crippen molar-refractivity contribution in [3.05, 3.63) is 75.8 Å². The Morgan fingerprint density at radius 1 is 0.885 bits per heavy atom. The molecule has 0 aromatic heterocycles. The maximum Gasteiger partial charge on any atom is 0.315 e. The number of phenolic OH excluding ortho intramolecular Hbond substituents is 1. The second-order valence-corrected chi connectivity index (χ2v) is 23.9. The van der Waals surface area contributed by atoms with Crippen molar-refractivity contribution in [1.29, 1.82) is 0 Å². The number of likely N-dealkylation sites (tertiary alicyclic amines) is 1. The molecule has 0 bridgehead atoms. The number of nitrogens with zero attached hydrogens (tertiary/aromatic N) is 4. The summed E-state index contributed by atoms with van der Waals surface area (Å²) in [6.45, 7) is 28.5. The number of esters is 1. The molecule has 7 rings (SSSR count). The number of likely N-dealkylation sites (N-methyl/N-ethyl adjacent to an activating group) is 1. The third kappa shape index (κ3) is 12.5. The van der Waals surface area contributed by atoms with Crippen molar-refractivity contribution >= 4 is 40.7 Å². The maximum atomic E-state index is 15.0. The number of allylic oxidation sites excluding steroid dienone is 2. The number of nitrogens with one attached hydrogen (secondary N) is 3. The number of piperidine rings is 1. The molecule has 4 aliphatic heterocycles. The molecule has 2 amide bonds. The number of ether oxygens (including phenoxy) is 4. The molecule has 19 nitrogen and oxygen atoms in total. The molecule has 4 heterocycles. The summed E-state index contributed by atoms with van der Waals surface area (Å²) in [6, 6.07) is 7.49. The van der Waals surface area contributed by atoms with E-state index in [0.29, 0.717) is 37.5 Å². The average Bonchev–Trinajstić information content (AvgIpc) is 4.13. The minimum absolute atomic E-state index is 0.00377. The van der Waals surface area contributed by atoms with Crippen molar-refractivity contribution in [2.45, 2.75) is 145 Å². The Morgan fingerprint density at radius 3 is 2.12 bits per heavy atom. The third-order valence-corrected chi connectivity index (χ3v) is 17.1. The first-order chi connectivity index (χ1) is 36.6. The number of piperazine rings is 1. The largest absolute Gasteiger partial charge is 0.507 e. The molecule has 1 aliphatic carbocycles. The van der Waals surface area contributed by atoms with Crippen molar-refractivity contribution in [1.82, 2.24) is 25.3 Å². The van der Waals surface area contributed by atoms with Crippen LogP contribution in [0.1, 0.15) is 133 Å². The molecule has 2 saturated heterocycles. The monoisotopic (exact) mass is 1080 g/mol. The van der Waals surface area contributed by atoms with Crippen molar-refractivity contribution in [3.63, 3.8) is 0 Å². The van der Waals surface area contributed by atoms with Gasteiger partial charge in [-0.25, -0.2) is 0 Å². The normalized spacial score (nSPS) is 22.5. The Bertz CT molecular complexity index is 2680. The van der Waals surface area contributed by atoms with E-state index in [2.05, 4.69) is 51.5 Å². The van der Waals surface area contributed by atoms with Gasteiger partial charge in [0.2, 0.25) is 17.6 Å². The molecule has 2 aromatic rings. The molecule has 1 spiro atoms. The molecule has 0 unspecified atom stereocenters. The van der Waals surface area contributed by atoms with E-state index in [9.17, 15) is 34.5 Å². The Hall–Kier alpha value is -5.70. The fourth-order valence-corrected chi connectivity index (χ4v) is 10.9. The minimum Gasteiger partial charge on any atom is -0.507 e. The van der Waals surface area contributed by atoms with E-state index in [4.69, 9.17) is 23.9 Å². The number of ketones is 2. The van der Waals surface area contributed by atoms with Gasteiger partial charge in [0, 0.05) is 119 Å². The van der Waals surface area contributed by atoms with Crippen LogP contribution in [0.5, 0.6) is 11.5 Å². The highest BCUT2D eigenvalue weighted by Crippen LogP contribution is 2.50. The van der Waals surface area contributed by atoms with Gasteiger partial charge in [0.25, 0.3) is 5.78 Å². The van der Waals surface area contributed by atoms with E-state index in [1.165, 1.54) is 33.3 Å². The summed E-state index contributed by atoms with van der Waals surface area (Å²) >= 11 is 0. The number of amides is 2. The Labute approximate surface area is 460 Å². The Balaban J connectivity index is 1.12. The van der Waals surface area contributed by atoms with Gasteiger partial charge >= 0.3 is 11.8 Å². The number of phenols is 1. The second kappa shape index (κ2) is 23.9. The van der Waals surface area contributed by atoms with Gasteiger partial charge in [-0.3, -0.25) is 33.9 Å². The van der Waals surface area contributed by atoms with Crippen LogP contribution in [0.3, 0.4) is 0 Å². The number of anilines is 1. The number of carbonyl (C=O) groups is 5. The lowest BCUT2D eigenvalue weighted by atomic mass is 9.79. The van der Waals surface area contributed by atoms with Crippen LogP contribution in [-0.4, -0.2) is 161 Å². The van der Waals surface area contributed by atoms with Crippen LogP contribution >= 0.6 is 0 Å². The van der Waals surface area contributed by atoms with Crippen molar-refractivity contribution < 1.29 is 58.2 Å². The summed E-state index contributed by atoms with van der Waals surface area (Å²) in [5, 5.41) is 43.1. The van der Waals surface area contributed by atoms with E-state index in [0.717, 1.165) is 44.8 Å². The van der Waals surface area contributed by atoms with E-state index in [1.54, 1.807) is 53.7 Å². The van der Waals surface area contributed by atoms with E-state index in [1.807, 2.05) is 26.0 Å². The van der Waals surface area contributed by atoms with Gasteiger partial charge in [0.1, 0.15) is 35.4 Å². The van der Waals surface area contributed by atoms with Crippen LogP contribution in [0.4, 0.5) is 5.69 Å². The summed E-state index contributed by atoms with van der Waals surface area (Å²) in [4.78, 5) is 83.1. The SMILES string of the molecule is CO[C@@H](/C=C/O[C@@]1(C)Oc2c(C)c(O)c3c(c2C1=O)C1=NC2(CCN(CC(C)C)CC2)NC1=C(NC(=O)C(C)(C)C(C)C)C3=O)[C@@H](C)[C@@H](OC(=O)CC(=O)Nc1ccc(CN2CCN(C)CC2)cc1)[C@H](C)[C@H](O)[C@H](C)[C@H](C)O. The summed E-state index contributed by atoms with van der Waals surface area (Å²) in [5.74, 6) is -7.38. The Morgan fingerprint density at radius 2 is 1.53 bits per heavy atom. The number of fused-ring (bicyclic) bond motifs is 5. The standard InChI is InChI=1S/C59H85N7O12/c1-32(2)30-65-22-20-59(21-23-65)62-47-44-45(52(72)49(48(47)63-59)61-56(74)57(10,11)33(3)4)51(71)37(8)54-46(44)55(73)58(12,78-54)76-28-19-41(75-14)35(6)53(36(7)50(70)34(5)38(9)67)77-43(69)29-42(68)60-40-17-15-39(16-18-40)31-66-26-24-64(13)25-27-66/h15-19,28,32-36,38,41,50,53,63,67,70-71H,20-27,29-31H2,1-14H3,(H,60,68)(H,61,74)/b28-19+/t34-,35-,36-,38+,41+,50-,53-,58+/m1/s1. The summed E-state index contributed by atoms with van der Waals surface area (Å²) in [5.41, 5.74) is 0.335. The molecule has 19 heteroatoms. The molecule has 78 heavy (non-hydrogen) atoms. The lowest BCUT2D eigenvalue weighted by molar-refractivity contribution is -0.163. The lowest BCUT2D eigenvalue weighted by Crippen LogP contribution is -2.51. The molecular weight excluding hydrogens is 999 g/mol. The minimum atomic E-state index is -2.04. The van der Waals surface area contributed by atoms with Gasteiger partial charge in [0.15, 0.2) is 0 Å². The predicted molar refractivity (Wildman–Crippen MR) is 296 cm³/mol. The molecule has 0 radical (unpaired) electrons. The number of carbonyl (C=O) groups excluding carboxylic acids is 5. The van der Waals surface area contributed by atoms with Gasteiger partial charge in [-0.1, -0.05) is 74.4 Å². The molecule has 5 aliphatic rings. The van der Waals surface area contributed by atoms with Crippen LogP contribution in [0.2, 0.25) is 0 Å². The van der Waals surface area contributed by atoms with Gasteiger partial charge in [-0.05, 0) is 56.5 Å². The first kappa shape index (κ1) is 60.0. The summed E-state index contributed by atoms with van der Waals surface area (Å²) < 4.78 is 24.5. The number of rotatable bonds is 21. The highest BCUT2D eigenvalue weighted by Gasteiger charge is 2.55. The first-order valence-electron chi connectivity index (χ1n) is 27.7. The highest BCUT2D eigenvalue weighted by molar-refractivity contribution is 6.34. The van der Waals surface area contributed by atoms with Gasteiger partial charge < -0.3 is 60.0 Å². The van der Waals surface area contributed by atoms with Gasteiger partial charge in [0.05, 0.1) is 47.1 Å².